The van der Waals surface area contributed by atoms with Crippen LogP contribution in [-0.2, 0) is 25.6 Å². The lowest BCUT2D eigenvalue weighted by Gasteiger charge is -2.19. The maximum Gasteiger partial charge on any atom is 0.330 e. The number of hydrogen-bond acceptors (Lipinski definition) is 7. The molecule has 1 aromatic carbocycles. The molecule has 0 amide bonds. The Morgan fingerprint density at radius 2 is 2.03 bits per heavy atom. The van der Waals surface area contributed by atoms with E-state index in [2.05, 4.69) is 0 Å². The molecule has 1 fully saturated rings. The van der Waals surface area contributed by atoms with Crippen LogP contribution in [0.1, 0.15) is 18.2 Å². The van der Waals surface area contributed by atoms with Crippen LogP contribution in [0.5, 0.6) is 0 Å². The van der Waals surface area contributed by atoms with Crippen molar-refractivity contribution in [2.45, 2.75) is 31.5 Å². The highest BCUT2D eigenvalue weighted by atomic mass is 35.5. The maximum absolute atomic E-state index is 13.6. The third-order valence-corrected chi connectivity index (χ3v) is 4.62. The first-order valence-corrected chi connectivity index (χ1v) is 9.13. The monoisotopic (exact) mass is 463 g/mol. The number of halogens is 3. The molecule has 3 N–H and O–H groups in total. The number of carbonyl (C=O) groups excluding carboxylic acids is 1. The molecule has 2 heterocycles. The summed E-state index contributed by atoms with van der Waals surface area (Å²) >= 11 is 5.86. The minimum Gasteiger partial charge on any atom is -0.462 e. The highest BCUT2D eigenvalue weighted by Gasteiger charge is 2.38. The van der Waals surface area contributed by atoms with Crippen LogP contribution in [0.2, 0.25) is 5.02 Å². The van der Waals surface area contributed by atoms with Gasteiger partial charge in [-0.25, -0.2) is 4.79 Å². The molecule has 2 aromatic rings. The van der Waals surface area contributed by atoms with Crippen molar-refractivity contribution >= 4 is 30.0 Å². The van der Waals surface area contributed by atoms with Crippen LogP contribution in [0.15, 0.2) is 40.1 Å². The van der Waals surface area contributed by atoms with Crippen molar-refractivity contribution in [3.05, 3.63) is 67.7 Å². The molecule has 1 aromatic heterocycles. The average molecular weight is 464 g/mol. The van der Waals surface area contributed by atoms with Gasteiger partial charge in [-0.3, -0.25) is 19.1 Å². The number of nitrogens with two attached hydrogens (primary N) is 1. The highest BCUT2D eigenvalue weighted by Crippen LogP contribution is 2.31. The second kappa shape index (κ2) is 10.7. The van der Waals surface area contributed by atoms with Crippen molar-refractivity contribution in [2.75, 3.05) is 13.2 Å². The van der Waals surface area contributed by atoms with E-state index in [1.165, 1.54) is 0 Å². The largest absolute Gasteiger partial charge is 0.462 e. The predicted octanol–water partition coefficient (Wildman–Crippen LogP) is 1.13. The van der Waals surface area contributed by atoms with E-state index < -0.39 is 41.5 Å². The van der Waals surface area contributed by atoms with Crippen molar-refractivity contribution < 1.29 is 23.4 Å². The first kappa shape index (κ1) is 24.0. The Morgan fingerprint density at radius 1 is 1.33 bits per heavy atom. The topological polar surface area (TPSA) is 126 Å². The van der Waals surface area contributed by atoms with Gasteiger partial charge in [0.05, 0.1) is 25.5 Å². The van der Waals surface area contributed by atoms with E-state index in [9.17, 15) is 18.8 Å². The minimum atomic E-state index is -1.12. The molecule has 0 aliphatic carbocycles. The number of nitrogens with one attached hydrogen (secondary N) is 1. The number of ether oxygens (including phenoxy) is 3. The Kier molecular flexibility index (Phi) is 8.56. The summed E-state index contributed by atoms with van der Waals surface area (Å²) in [5, 5.41) is 0.587. The van der Waals surface area contributed by atoms with E-state index >= 15 is 0 Å². The summed E-state index contributed by atoms with van der Waals surface area (Å²) in [6, 6.07) is 7.02. The lowest BCUT2D eigenvalue weighted by atomic mass is 10.1. The number of hydrogen-bond donors (Lipinski definition) is 2. The molecule has 1 saturated heterocycles. The van der Waals surface area contributed by atoms with Crippen molar-refractivity contribution in [1.82, 2.24) is 9.55 Å². The summed E-state index contributed by atoms with van der Waals surface area (Å²) < 4.78 is 31.2. The second-order valence-electron chi connectivity index (χ2n) is 6.37. The van der Waals surface area contributed by atoms with Gasteiger partial charge < -0.3 is 19.9 Å². The number of benzene rings is 1. The summed E-state index contributed by atoms with van der Waals surface area (Å²) in [7, 11) is 0. The van der Waals surface area contributed by atoms with Crippen LogP contribution in [-0.4, -0.2) is 40.9 Å². The lowest BCUT2D eigenvalue weighted by Crippen LogP contribution is -2.34. The van der Waals surface area contributed by atoms with Crippen LogP contribution in [0.25, 0.3) is 0 Å². The van der Waals surface area contributed by atoms with Gasteiger partial charge in [-0.2, -0.15) is 4.39 Å². The van der Waals surface area contributed by atoms with Crippen LogP contribution in [0.3, 0.4) is 0 Å². The van der Waals surface area contributed by atoms with Crippen molar-refractivity contribution in [3.8, 4) is 0 Å². The second-order valence-corrected chi connectivity index (χ2v) is 6.81. The highest BCUT2D eigenvalue weighted by molar-refractivity contribution is 6.30. The van der Waals surface area contributed by atoms with Gasteiger partial charge in [-0.1, -0.05) is 23.7 Å². The number of aromatic nitrogens is 2. The first-order valence-electron chi connectivity index (χ1n) is 8.75. The molecule has 164 valence electrons. The standard InChI is InChI=1S/C18H19ClFN3O6.ClH/c19-11-3-1-10(2-4-11)8-27-13-5-15(29-14(13)9-28-16(24)6-21)23-7-12(20)17(25)22-18(23)26;/h1-4,7,13-15H,5-6,8-9,21H2,(H,22,25,26);1H/t13?,14-,15-;/m0./s1. The van der Waals surface area contributed by atoms with E-state index in [1.807, 2.05) is 4.98 Å². The molecule has 1 aliphatic rings. The number of esters is 1. The molecule has 1 unspecified atom stereocenters. The Morgan fingerprint density at radius 3 is 2.70 bits per heavy atom. The molecule has 0 spiro atoms. The van der Waals surface area contributed by atoms with E-state index in [1.54, 1.807) is 24.3 Å². The molecule has 0 radical (unpaired) electrons. The number of rotatable bonds is 7. The van der Waals surface area contributed by atoms with E-state index in [-0.39, 0.29) is 38.6 Å². The quantitative estimate of drug-likeness (QED) is 0.589. The zero-order valence-corrected chi connectivity index (χ0v) is 17.2. The van der Waals surface area contributed by atoms with E-state index in [0.717, 1.165) is 16.3 Å². The Hall–Kier alpha value is -2.24. The summed E-state index contributed by atoms with van der Waals surface area (Å²) in [5.74, 6) is -1.74. The predicted molar refractivity (Wildman–Crippen MR) is 107 cm³/mol. The molecule has 9 nitrogen and oxygen atoms in total. The van der Waals surface area contributed by atoms with Crippen molar-refractivity contribution in [3.63, 3.8) is 0 Å². The van der Waals surface area contributed by atoms with E-state index in [4.69, 9.17) is 31.5 Å². The molecule has 30 heavy (non-hydrogen) atoms. The number of aromatic amines is 1. The fraction of sp³-hybridized carbons (Fsp3) is 0.389. The Bertz CT molecular complexity index is 981. The fourth-order valence-electron chi connectivity index (χ4n) is 2.89. The number of H-pyrrole nitrogens is 1. The van der Waals surface area contributed by atoms with Crippen molar-refractivity contribution in [1.29, 1.82) is 0 Å². The molecule has 3 rings (SSSR count). The summed E-state index contributed by atoms with van der Waals surface area (Å²) in [5.41, 5.74) is 4.14. The van der Waals surface area contributed by atoms with Gasteiger partial charge in [0, 0.05) is 11.4 Å². The molecule has 0 saturated carbocycles. The smallest absolute Gasteiger partial charge is 0.330 e. The van der Waals surface area contributed by atoms with Gasteiger partial charge in [0.2, 0.25) is 5.82 Å². The number of carbonyl (C=O) groups is 1. The average Bonchev–Trinajstić information content (AvgIpc) is 3.11. The molecular weight excluding hydrogens is 444 g/mol. The summed E-state index contributed by atoms with van der Waals surface area (Å²) in [4.78, 5) is 36.5. The number of nitrogens with zero attached hydrogens (tertiary/aromatic N) is 1. The van der Waals surface area contributed by atoms with Gasteiger partial charge in [-0.05, 0) is 17.7 Å². The third kappa shape index (κ3) is 5.89. The minimum absolute atomic E-state index is 0. The van der Waals surface area contributed by atoms with Gasteiger partial charge in [-0.15, -0.1) is 12.4 Å². The van der Waals surface area contributed by atoms with Crippen LogP contribution >= 0.6 is 24.0 Å². The Labute approximate surface area is 181 Å². The summed E-state index contributed by atoms with van der Waals surface area (Å²) in [6.07, 6.45) is -1.25. The normalized spacial score (nSPS) is 20.6. The lowest BCUT2D eigenvalue weighted by molar-refractivity contribution is -0.149. The fourth-order valence-corrected chi connectivity index (χ4v) is 3.02. The molecule has 0 bridgehead atoms. The first-order chi connectivity index (χ1) is 13.9. The van der Waals surface area contributed by atoms with Crippen LogP contribution in [0.4, 0.5) is 4.39 Å². The summed E-state index contributed by atoms with van der Waals surface area (Å²) in [6.45, 7) is -0.233. The molecule has 3 atom stereocenters. The van der Waals surface area contributed by atoms with Gasteiger partial charge >= 0.3 is 11.7 Å². The zero-order valence-electron chi connectivity index (χ0n) is 15.6. The van der Waals surface area contributed by atoms with Crippen LogP contribution < -0.4 is 17.0 Å². The van der Waals surface area contributed by atoms with Crippen LogP contribution in [0, 0.1) is 5.82 Å². The molecular formula is C18H20Cl2FN3O6. The zero-order chi connectivity index (χ0) is 21.0. The van der Waals surface area contributed by atoms with Gasteiger partial charge in [0.15, 0.2) is 0 Å². The molecule has 12 heteroatoms. The Balaban J connectivity index is 0.00000320. The molecule has 1 aliphatic heterocycles. The van der Waals surface area contributed by atoms with E-state index in [0.29, 0.717) is 5.02 Å². The maximum atomic E-state index is 13.6. The SMILES string of the molecule is Cl.NCC(=O)OC[C@@H]1O[C@H](n2cc(F)c(=O)[nH]c2=O)CC1OCc1ccc(Cl)cc1. The third-order valence-electron chi connectivity index (χ3n) is 4.37. The van der Waals surface area contributed by atoms with Gasteiger partial charge in [0.25, 0.3) is 5.56 Å². The van der Waals surface area contributed by atoms with Gasteiger partial charge in [0.1, 0.15) is 18.9 Å². The van der Waals surface area contributed by atoms with Crippen molar-refractivity contribution in [2.24, 2.45) is 5.73 Å².